The minimum absolute atomic E-state index is 0.0484. The highest BCUT2D eigenvalue weighted by atomic mass is 19.4. The number of carbonyl (C=O) groups excluding carboxylic acids is 1. The summed E-state index contributed by atoms with van der Waals surface area (Å²) in [7, 11) is 0. The molecule has 2 N–H and O–H groups in total. The van der Waals surface area contributed by atoms with Crippen LogP contribution in [0.4, 0.5) is 13.2 Å². The highest BCUT2D eigenvalue weighted by Gasteiger charge is 2.32. The molecule has 1 amide bonds. The van der Waals surface area contributed by atoms with Crippen LogP contribution < -0.4 is 16.3 Å². The van der Waals surface area contributed by atoms with Gasteiger partial charge < -0.3 is 10.6 Å². The molecule has 1 saturated carbocycles. The van der Waals surface area contributed by atoms with E-state index in [2.05, 4.69) is 15.7 Å². The van der Waals surface area contributed by atoms with Crippen LogP contribution in [0.15, 0.2) is 53.3 Å². The van der Waals surface area contributed by atoms with Crippen LogP contribution >= 0.6 is 0 Å². The molecule has 1 heterocycles. The number of carbonyl (C=O) groups is 1. The maximum atomic E-state index is 13.2. The van der Waals surface area contributed by atoms with E-state index in [0.717, 1.165) is 34.7 Å². The fourth-order valence-corrected chi connectivity index (χ4v) is 3.67. The minimum atomic E-state index is -4.52. The molecule has 10 heteroatoms. The molecule has 4 rings (SSSR count). The van der Waals surface area contributed by atoms with Crippen molar-refractivity contribution in [2.75, 3.05) is 6.54 Å². The van der Waals surface area contributed by atoms with Gasteiger partial charge in [0.25, 0.3) is 0 Å². The van der Waals surface area contributed by atoms with Gasteiger partial charge in [-0.15, -0.1) is 5.10 Å². The van der Waals surface area contributed by atoms with Crippen molar-refractivity contribution in [2.24, 2.45) is 0 Å². The van der Waals surface area contributed by atoms with Gasteiger partial charge in [-0.3, -0.25) is 9.36 Å². The molecule has 180 valence electrons. The molecule has 0 aliphatic heterocycles. The summed E-state index contributed by atoms with van der Waals surface area (Å²) in [5.74, 6) is -0.159. The van der Waals surface area contributed by atoms with Gasteiger partial charge in [-0.25, -0.2) is 9.48 Å². The topological polar surface area (TPSA) is 81.0 Å². The molecule has 1 fully saturated rings. The summed E-state index contributed by atoms with van der Waals surface area (Å²) in [5.41, 5.74) is 0.506. The van der Waals surface area contributed by atoms with Gasteiger partial charge in [0, 0.05) is 31.2 Å². The number of nitrogens with one attached hydrogen (secondary N) is 2. The zero-order valence-corrected chi connectivity index (χ0v) is 18.7. The van der Waals surface area contributed by atoms with Gasteiger partial charge in [-0.1, -0.05) is 48.0 Å². The molecular formula is C24H26F3N5O2. The predicted molar refractivity (Wildman–Crippen MR) is 121 cm³/mol. The number of aromatic nitrogens is 3. The SMILES string of the molecule is Cc1ccc(-c2nn(CC(=O)NCc3ccccc3C(F)(F)F)c(=O)n2CCNC2CC2)cc1. The van der Waals surface area contributed by atoms with E-state index in [1.807, 2.05) is 31.2 Å². The fourth-order valence-electron chi connectivity index (χ4n) is 3.67. The summed E-state index contributed by atoms with van der Waals surface area (Å²) < 4.78 is 42.1. The Hall–Kier alpha value is -3.40. The number of amides is 1. The van der Waals surface area contributed by atoms with Crippen LogP contribution in [0.1, 0.15) is 29.5 Å². The highest BCUT2D eigenvalue weighted by molar-refractivity contribution is 5.75. The first-order chi connectivity index (χ1) is 16.2. The van der Waals surface area contributed by atoms with Gasteiger partial charge in [0.05, 0.1) is 5.56 Å². The Labute approximate surface area is 194 Å². The average molecular weight is 473 g/mol. The van der Waals surface area contributed by atoms with Crippen molar-refractivity contribution in [3.05, 3.63) is 75.7 Å². The van der Waals surface area contributed by atoms with Crippen LogP contribution in [0.3, 0.4) is 0 Å². The maximum absolute atomic E-state index is 13.2. The first-order valence-corrected chi connectivity index (χ1v) is 11.1. The second-order valence-electron chi connectivity index (χ2n) is 8.44. The van der Waals surface area contributed by atoms with E-state index in [4.69, 9.17) is 0 Å². The number of alkyl halides is 3. The second kappa shape index (κ2) is 9.84. The van der Waals surface area contributed by atoms with E-state index in [-0.39, 0.29) is 12.1 Å². The van der Waals surface area contributed by atoms with Gasteiger partial charge in [-0.2, -0.15) is 13.2 Å². The van der Waals surface area contributed by atoms with Gasteiger partial charge in [-0.05, 0) is 31.4 Å². The number of hydrogen-bond acceptors (Lipinski definition) is 4. The van der Waals surface area contributed by atoms with Crippen molar-refractivity contribution in [1.82, 2.24) is 25.0 Å². The van der Waals surface area contributed by atoms with E-state index < -0.39 is 29.9 Å². The van der Waals surface area contributed by atoms with E-state index in [0.29, 0.717) is 25.0 Å². The molecule has 7 nitrogen and oxygen atoms in total. The zero-order chi connectivity index (χ0) is 24.3. The van der Waals surface area contributed by atoms with Gasteiger partial charge in [0.15, 0.2) is 5.82 Å². The molecule has 1 aliphatic carbocycles. The lowest BCUT2D eigenvalue weighted by Crippen LogP contribution is -2.35. The molecule has 0 bridgehead atoms. The number of halogens is 3. The largest absolute Gasteiger partial charge is 0.416 e. The van der Waals surface area contributed by atoms with E-state index in [1.54, 1.807) is 0 Å². The average Bonchev–Trinajstić information content (AvgIpc) is 3.58. The van der Waals surface area contributed by atoms with Crippen molar-refractivity contribution >= 4 is 5.91 Å². The molecule has 2 aromatic carbocycles. The smallest absolute Gasteiger partial charge is 0.350 e. The van der Waals surface area contributed by atoms with E-state index >= 15 is 0 Å². The van der Waals surface area contributed by atoms with Gasteiger partial charge >= 0.3 is 11.9 Å². The first kappa shape index (κ1) is 23.7. The first-order valence-electron chi connectivity index (χ1n) is 11.1. The molecule has 0 spiro atoms. The molecule has 0 atom stereocenters. The summed E-state index contributed by atoms with van der Waals surface area (Å²) in [4.78, 5) is 25.5. The Balaban J connectivity index is 1.50. The third kappa shape index (κ3) is 5.74. The van der Waals surface area contributed by atoms with Crippen LogP contribution in [0.5, 0.6) is 0 Å². The van der Waals surface area contributed by atoms with Crippen molar-refractivity contribution in [3.63, 3.8) is 0 Å². The third-order valence-corrected chi connectivity index (χ3v) is 5.67. The van der Waals surface area contributed by atoms with Crippen LogP contribution in [-0.4, -0.2) is 32.8 Å². The monoisotopic (exact) mass is 473 g/mol. The van der Waals surface area contributed by atoms with Gasteiger partial charge in [0.2, 0.25) is 5.91 Å². The summed E-state index contributed by atoms with van der Waals surface area (Å²) >= 11 is 0. The quantitative estimate of drug-likeness (QED) is 0.501. The van der Waals surface area contributed by atoms with Crippen LogP contribution in [-0.2, 0) is 30.6 Å². The number of nitrogens with zero attached hydrogens (tertiary/aromatic N) is 3. The van der Waals surface area contributed by atoms with Crippen molar-refractivity contribution < 1.29 is 18.0 Å². The summed E-state index contributed by atoms with van der Waals surface area (Å²) in [6.45, 7) is 2.24. The summed E-state index contributed by atoms with van der Waals surface area (Å²) in [5, 5.41) is 10.2. The third-order valence-electron chi connectivity index (χ3n) is 5.67. The maximum Gasteiger partial charge on any atom is 0.416 e. The van der Waals surface area contributed by atoms with Crippen molar-refractivity contribution in [2.45, 2.75) is 51.6 Å². The summed E-state index contributed by atoms with van der Waals surface area (Å²) in [6, 6.07) is 13.1. The zero-order valence-electron chi connectivity index (χ0n) is 18.7. The molecule has 34 heavy (non-hydrogen) atoms. The molecule has 1 aliphatic rings. The Bertz CT molecular complexity index is 1210. The standard InChI is InChI=1S/C24H26F3N5O2/c1-16-6-8-17(9-7-16)22-30-32(23(34)31(22)13-12-28-19-10-11-19)15-21(33)29-14-18-4-2-3-5-20(18)24(25,26)27/h2-9,19,28H,10-15H2,1H3,(H,29,33). The number of aryl methyl sites for hydroxylation is 1. The fraction of sp³-hybridized carbons (Fsp3) is 0.375. The van der Waals surface area contributed by atoms with Crippen molar-refractivity contribution in [3.8, 4) is 11.4 Å². The lowest BCUT2D eigenvalue weighted by molar-refractivity contribution is -0.138. The van der Waals surface area contributed by atoms with Crippen LogP contribution in [0, 0.1) is 6.92 Å². The van der Waals surface area contributed by atoms with E-state index in [1.165, 1.54) is 22.8 Å². The highest BCUT2D eigenvalue weighted by Crippen LogP contribution is 2.31. The second-order valence-corrected chi connectivity index (χ2v) is 8.44. The molecule has 0 unspecified atom stereocenters. The Kier molecular flexibility index (Phi) is 6.87. The lowest BCUT2D eigenvalue weighted by Gasteiger charge is -2.13. The Morgan fingerprint density at radius 3 is 2.50 bits per heavy atom. The molecular weight excluding hydrogens is 447 g/mol. The number of hydrogen-bond donors (Lipinski definition) is 2. The predicted octanol–water partition coefficient (Wildman–Crippen LogP) is 3.11. The minimum Gasteiger partial charge on any atom is -0.350 e. The molecule has 3 aromatic rings. The van der Waals surface area contributed by atoms with E-state index in [9.17, 15) is 22.8 Å². The lowest BCUT2D eigenvalue weighted by atomic mass is 10.1. The number of benzene rings is 2. The summed E-state index contributed by atoms with van der Waals surface area (Å²) in [6.07, 6.45) is -2.28. The Morgan fingerprint density at radius 1 is 1.12 bits per heavy atom. The Morgan fingerprint density at radius 2 is 1.82 bits per heavy atom. The molecule has 1 aromatic heterocycles. The molecule has 0 saturated heterocycles. The van der Waals surface area contributed by atoms with Crippen LogP contribution in [0.25, 0.3) is 11.4 Å². The molecule has 0 radical (unpaired) electrons. The van der Waals surface area contributed by atoms with Gasteiger partial charge in [0.1, 0.15) is 6.54 Å². The van der Waals surface area contributed by atoms with Crippen LogP contribution in [0.2, 0.25) is 0 Å². The normalized spacial score (nSPS) is 13.8. The van der Waals surface area contributed by atoms with Crippen molar-refractivity contribution in [1.29, 1.82) is 0 Å². The number of rotatable bonds is 9.